The molecule has 0 fully saturated rings. The smallest absolute Gasteiger partial charge is 0.255 e. The molecule has 0 bridgehead atoms. The van der Waals surface area contributed by atoms with Crippen molar-refractivity contribution in [1.82, 2.24) is 14.8 Å². The van der Waals surface area contributed by atoms with Gasteiger partial charge in [-0.05, 0) is 62.0 Å². The van der Waals surface area contributed by atoms with E-state index in [0.717, 1.165) is 17.9 Å². The number of amides is 2. The Morgan fingerprint density at radius 2 is 1.93 bits per heavy atom. The maximum Gasteiger partial charge on any atom is 0.255 e. The minimum atomic E-state index is -0.330. The Morgan fingerprint density at radius 3 is 2.60 bits per heavy atom. The van der Waals surface area contributed by atoms with Gasteiger partial charge in [-0.1, -0.05) is 19.1 Å². The zero-order valence-corrected chi connectivity index (χ0v) is 23.5. The average Bonchev–Trinajstić information content (AvgIpc) is 3.01. The Morgan fingerprint density at radius 1 is 1.20 bits per heavy atom. The van der Waals surface area contributed by atoms with Crippen LogP contribution < -0.4 is 14.8 Å². The van der Waals surface area contributed by atoms with Crippen LogP contribution in [0.25, 0.3) is 0 Å². The number of ether oxygens (including phenoxy) is 2. The van der Waals surface area contributed by atoms with E-state index in [-0.39, 0.29) is 42.9 Å². The summed E-state index contributed by atoms with van der Waals surface area (Å²) in [7, 11) is 3.70. The number of fused-ring (bicyclic) bond motifs is 1. The standard InChI is InChI=1S/C31H38N4O5/c1-21-17-35(22(2)20-36)30(37)16-25-15-26(33-31(38)24-11-13-32-14-12-24)7-10-28(25)40-29(21)19-34(3)18-23-5-8-27(39-4)9-6-23/h5-15,21-22,29,36H,16-20H2,1-4H3,(H,33,38)/t21-,22-,29-/m1/s1. The molecule has 1 aliphatic heterocycles. The van der Waals surface area contributed by atoms with Gasteiger partial charge in [-0.25, -0.2) is 0 Å². The van der Waals surface area contributed by atoms with Gasteiger partial charge in [-0.3, -0.25) is 19.5 Å². The molecule has 2 heterocycles. The second kappa shape index (κ2) is 13.4. The molecule has 4 rings (SSSR count). The van der Waals surface area contributed by atoms with Gasteiger partial charge in [0.2, 0.25) is 5.91 Å². The number of rotatable bonds is 9. The highest BCUT2D eigenvalue weighted by atomic mass is 16.5. The van der Waals surface area contributed by atoms with Crippen LogP contribution in [0.15, 0.2) is 67.0 Å². The van der Waals surface area contributed by atoms with E-state index in [0.29, 0.717) is 35.7 Å². The second-order valence-corrected chi connectivity index (χ2v) is 10.4. The number of nitrogens with one attached hydrogen (secondary N) is 1. The summed E-state index contributed by atoms with van der Waals surface area (Å²) in [6.07, 6.45) is 3.00. The highest BCUT2D eigenvalue weighted by Gasteiger charge is 2.31. The summed E-state index contributed by atoms with van der Waals surface area (Å²) >= 11 is 0. The van der Waals surface area contributed by atoms with E-state index < -0.39 is 0 Å². The molecule has 2 amide bonds. The first-order valence-corrected chi connectivity index (χ1v) is 13.5. The lowest BCUT2D eigenvalue weighted by Crippen LogP contribution is -2.47. The summed E-state index contributed by atoms with van der Waals surface area (Å²) in [4.78, 5) is 34.1. The number of pyridine rings is 1. The summed E-state index contributed by atoms with van der Waals surface area (Å²) in [6, 6.07) is 16.3. The molecule has 2 aromatic carbocycles. The lowest BCUT2D eigenvalue weighted by molar-refractivity contribution is -0.134. The third-order valence-electron chi connectivity index (χ3n) is 7.22. The lowest BCUT2D eigenvalue weighted by atomic mass is 10.0. The molecule has 0 spiro atoms. The molecule has 0 saturated carbocycles. The van der Waals surface area contributed by atoms with Crippen LogP contribution in [0.3, 0.4) is 0 Å². The summed E-state index contributed by atoms with van der Waals surface area (Å²) in [5, 5.41) is 12.8. The molecule has 1 aromatic heterocycles. The van der Waals surface area contributed by atoms with Crippen molar-refractivity contribution < 1.29 is 24.2 Å². The fraction of sp³-hybridized carbons (Fsp3) is 0.387. The van der Waals surface area contributed by atoms with E-state index in [4.69, 9.17) is 9.47 Å². The topological polar surface area (TPSA) is 104 Å². The van der Waals surface area contributed by atoms with E-state index in [2.05, 4.69) is 22.1 Å². The molecule has 0 saturated heterocycles. The molecule has 3 atom stereocenters. The molecule has 1 aliphatic rings. The zero-order chi connectivity index (χ0) is 28.6. The molecule has 212 valence electrons. The Kier molecular flexibility index (Phi) is 9.74. The van der Waals surface area contributed by atoms with Gasteiger partial charge in [-0.15, -0.1) is 0 Å². The normalized spacial score (nSPS) is 18.1. The maximum absolute atomic E-state index is 13.5. The number of methoxy groups -OCH3 is 1. The number of hydrogen-bond donors (Lipinski definition) is 2. The van der Waals surface area contributed by atoms with Crippen LogP contribution in [0.5, 0.6) is 11.5 Å². The first-order chi connectivity index (χ1) is 19.3. The van der Waals surface area contributed by atoms with Crippen molar-refractivity contribution in [3.05, 3.63) is 83.7 Å². The van der Waals surface area contributed by atoms with E-state index in [1.807, 2.05) is 44.3 Å². The van der Waals surface area contributed by atoms with Crippen molar-refractivity contribution in [3.63, 3.8) is 0 Å². The van der Waals surface area contributed by atoms with Gasteiger partial charge in [0, 0.05) is 54.8 Å². The molecule has 40 heavy (non-hydrogen) atoms. The predicted molar refractivity (Wildman–Crippen MR) is 154 cm³/mol. The summed E-state index contributed by atoms with van der Waals surface area (Å²) in [5.74, 6) is 1.06. The Balaban J connectivity index is 1.58. The van der Waals surface area contributed by atoms with Crippen molar-refractivity contribution >= 4 is 17.5 Å². The highest BCUT2D eigenvalue weighted by molar-refractivity contribution is 6.04. The predicted octanol–water partition coefficient (Wildman–Crippen LogP) is 3.62. The fourth-order valence-corrected chi connectivity index (χ4v) is 4.85. The minimum Gasteiger partial charge on any atom is -0.497 e. The van der Waals surface area contributed by atoms with Crippen molar-refractivity contribution in [2.45, 2.75) is 39.0 Å². The van der Waals surface area contributed by atoms with E-state index in [1.54, 1.807) is 48.7 Å². The average molecular weight is 547 g/mol. The van der Waals surface area contributed by atoms with Crippen LogP contribution in [0.1, 0.15) is 35.3 Å². The number of carbonyl (C=O) groups is 2. The molecule has 2 N–H and O–H groups in total. The number of aliphatic hydroxyl groups excluding tert-OH is 1. The number of anilines is 1. The molecule has 3 aromatic rings. The first-order valence-electron chi connectivity index (χ1n) is 13.5. The fourth-order valence-electron chi connectivity index (χ4n) is 4.85. The SMILES string of the molecule is COc1ccc(CN(C)C[C@H]2Oc3ccc(NC(=O)c4ccncc4)cc3CC(=O)N([C@H](C)CO)C[C@H]2C)cc1. The third-order valence-corrected chi connectivity index (χ3v) is 7.22. The Labute approximate surface area is 235 Å². The number of likely N-dealkylation sites (N-methyl/N-ethyl adjacent to an activating group) is 1. The first kappa shape index (κ1) is 29.0. The van der Waals surface area contributed by atoms with Crippen LogP contribution in [0.4, 0.5) is 5.69 Å². The molecule has 0 radical (unpaired) electrons. The number of aromatic nitrogens is 1. The monoisotopic (exact) mass is 546 g/mol. The van der Waals surface area contributed by atoms with Crippen molar-refractivity contribution in [2.24, 2.45) is 5.92 Å². The molecule has 0 unspecified atom stereocenters. The number of carbonyl (C=O) groups excluding carboxylic acids is 2. The third kappa shape index (κ3) is 7.37. The van der Waals surface area contributed by atoms with Gasteiger partial charge in [0.15, 0.2) is 0 Å². The molecule has 9 heteroatoms. The number of nitrogens with zero attached hydrogens (tertiary/aromatic N) is 3. The van der Waals surface area contributed by atoms with Crippen molar-refractivity contribution in [3.8, 4) is 11.5 Å². The van der Waals surface area contributed by atoms with E-state index >= 15 is 0 Å². The number of benzene rings is 2. The molecule has 9 nitrogen and oxygen atoms in total. The quantitative estimate of drug-likeness (QED) is 0.423. The van der Waals surface area contributed by atoms with Gasteiger partial charge in [0.1, 0.15) is 17.6 Å². The van der Waals surface area contributed by atoms with Crippen LogP contribution in [0.2, 0.25) is 0 Å². The van der Waals surface area contributed by atoms with Crippen LogP contribution in [-0.2, 0) is 17.8 Å². The largest absolute Gasteiger partial charge is 0.497 e. The zero-order valence-electron chi connectivity index (χ0n) is 23.5. The van der Waals surface area contributed by atoms with Crippen LogP contribution in [-0.4, -0.2) is 77.7 Å². The van der Waals surface area contributed by atoms with Gasteiger partial charge < -0.3 is 24.8 Å². The van der Waals surface area contributed by atoms with Crippen LogP contribution in [0, 0.1) is 5.92 Å². The Hall–Kier alpha value is -3.95. The highest BCUT2D eigenvalue weighted by Crippen LogP contribution is 2.29. The van der Waals surface area contributed by atoms with E-state index in [9.17, 15) is 14.7 Å². The van der Waals surface area contributed by atoms with Crippen LogP contribution >= 0.6 is 0 Å². The minimum absolute atomic E-state index is 0.00622. The van der Waals surface area contributed by atoms with E-state index in [1.165, 1.54) is 0 Å². The summed E-state index contributed by atoms with van der Waals surface area (Å²) in [5.41, 5.74) is 2.89. The number of aliphatic hydroxyl groups is 1. The number of hydrogen-bond acceptors (Lipinski definition) is 7. The van der Waals surface area contributed by atoms with Gasteiger partial charge in [0.25, 0.3) is 5.91 Å². The van der Waals surface area contributed by atoms with Gasteiger partial charge in [0.05, 0.1) is 26.2 Å². The molecular weight excluding hydrogens is 508 g/mol. The summed E-state index contributed by atoms with van der Waals surface area (Å²) in [6.45, 7) is 5.60. The second-order valence-electron chi connectivity index (χ2n) is 10.4. The lowest BCUT2D eigenvalue weighted by Gasteiger charge is -2.34. The molecular formula is C31H38N4O5. The Bertz CT molecular complexity index is 1280. The summed E-state index contributed by atoms with van der Waals surface area (Å²) < 4.78 is 11.9. The van der Waals surface area contributed by atoms with Gasteiger partial charge >= 0.3 is 0 Å². The van der Waals surface area contributed by atoms with Gasteiger partial charge in [-0.2, -0.15) is 0 Å². The molecule has 0 aliphatic carbocycles. The van der Waals surface area contributed by atoms with Crippen molar-refractivity contribution in [2.75, 3.05) is 39.2 Å². The maximum atomic E-state index is 13.5. The van der Waals surface area contributed by atoms with Crippen molar-refractivity contribution in [1.29, 1.82) is 0 Å².